The highest BCUT2D eigenvalue weighted by Gasteiger charge is 2.25. The van der Waals surface area contributed by atoms with Crippen LogP contribution >= 0.6 is 12.4 Å². The van der Waals surface area contributed by atoms with Crippen molar-refractivity contribution in [1.29, 1.82) is 0 Å². The van der Waals surface area contributed by atoms with Crippen molar-refractivity contribution in [3.63, 3.8) is 0 Å². The quantitative estimate of drug-likeness (QED) is 0.785. The number of nitrogens with one attached hydrogen (secondary N) is 2. The van der Waals surface area contributed by atoms with E-state index in [-0.39, 0.29) is 18.3 Å². The van der Waals surface area contributed by atoms with Crippen LogP contribution in [0.2, 0.25) is 0 Å². The zero-order valence-corrected chi connectivity index (χ0v) is 14.4. The van der Waals surface area contributed by atoms with Crippen LogP contribution < -0.4 is 10.6 Å². The van der Waals surface area contributed by atoms with E-state index in [1.807, 2.05) is 0 Å². The SMILES string of the molecule is CCCC(CC1CCCCC1)C(=O)NC1CCNCC1.Cl. The van der Waals surface area contributed by atoms with Gasteiger partial charge in [0.05, 0.1) is 0 Å². The third-order valence-corrected chi connectivity index (χ3v) is 5.04. The maximum absolute atomic E-state index is 12.5. The van der Waals surface area contributed by atoms with E-state index >= 15 is 0 Å². The fourth-order valence-electron chi connectivity index (χ4n) is 3.81. The Morgan fingerprint density at radius 3 is 2.43 bits per heavy atom. The Hall–Kier alpha value is -0.280. The summed E-state index contributed by atoms with van der Waals surface area (Å²) in [6.45, 7) is 4.30. The van der Waals surface area contributed by atoms with Crippen LogP contribution in [-0.2, 0) is 4.79 Å². The highest BCUT2D eigenvalue weighted by Crippen LogP contribution is 2.30. The lowest BCUT2D eigenvalue weighted by molar-refractivity contribution is -0.126. The largest absolute Gasteiger partial charge is 0.353 e. The molecule has 0 aromatic rings. The van der Waals surface area contributed by atoms with Gasteiger partial charge in [0.1, 0.15) is 0 Å². The van der Waals surface area contributed by atoms with Crippen LogP contribution in [0.25, 0.3) is 0 Å². The number of amides is 1. The normalized spacial score (nSPS) is 22.3. The summed E-state index contributed by atoms with van der Waals surface area (Å²) in [6.07, 6.45) is 12.3. The second-order valence-electron chi connectivity index (χ2n) is 6.76. The van der Waals surface area contributed by atoms with Gasteiger partial charge in [-0.2, -0.15) is 0 Å². The lowest BCUT2D eigenvalue weighted by Gasteiger charge is -2.29. The Morgan fingerprint density at radius 1 is 1.14 bits per heavy atom. The maximum atomic E-state index is 12.5. The topological polar surface area (TPSA) is 41.1 Å². The molecule has 1 saturated heterocycles. The minimum Gasteiger partial charge on any atom is -0.353 e. The van der Waals surface area contributed by atoms with Gasteiger partial charge in [-0.05, 0) is 44.7 Å². The van der Waals surface area contributed by atoms with Crippen molar-refractivity contribution in [2.24, 2.45) is 11.8 Å². The van der Waals surface area contributed by atoms with Crippen molar-refractivity contribution >= 4 is 18.3 Å². The van der Waals surface area contributed by atoms with Crippen molar-refractivity contribution in [2.75, 3.05) is 13.1 Å². The number of hydrogen-bond donors (Lipinski definition) is 2. The van der Waals surface area contributed by atoms with Crippen molar-refractivity contribution < 1.29 is 4.79 Å². The summed E-state index contributed by atoms with van der Waals surface area (Å²) in [7, 11) is 0. The molecule has 0 aromatic heterocycles. The molecule has 0 radical (unpaired) electrons. The van der Waals surface area contributed by atoms with E-state index in [2.05, 4.69) is 17.6 Å². The van der Waals surface area contributed by atoms with Crippen LogP contribution in [0.1, 0.15) is 71.1 Å². The van der Waals surface area contributed by atoms with Crippen LogP contribution in [-0.4, -0.2) is 25.0 Å². The number of hydrogen-bond acceptors (Lipinski definition) is 2. The van der Waals surface area contributed by atoms with E-state index in [1.165, 1.54) is 32.1 Å². The molecule has 124 valence electrons. The number of halogens is 1. The van der Waals surface area contributed by atoms with Gasteiger partial charge in [0.25, 0.3) is 0 Å². The van der Waals surface area contributed by atoms with Crippen LogP contribution in [0.5, 0.6) is 0 Å². The smallest absolute Gasteiger partial charge is 0.223 e. The van der Waals surface area contributed by atoms with Gasteiger partial charge in [0.2, 0.25) is 5.91 Å². The summed E-state index contributed by atoms with van der Waals surface area (Å²) in [6, 6.07) is 0.412. The molecule has 1 unspecified atom stereocenters. The van der Waals surface area contributed by atoms with Gasteiger partial charge >= 0.3 is 0 Å². The average molecular weight is 317 g/mol. The predicted octanol–water partition coefficient (Wildman–Crippen LogP) is 3.66. The summed E-state index contributed by atoms with van der Waals surface area (Å²) in [5.41, 5.74) is 0. The molecule has 2 aliphatic rings. The fraction of sp³-hybridized carbons (Fsp3) is 0.941. The molecule has 1 saturated carbocycles. The summed E-state index contributed by atoms with van der Waals surface area (Å²) >= 11 is 0. The van der Waals surface area contributed by atoms with Gasteiger partial charge < -0.3 is 10.6 Å². The molecule has 4 heteroatoms. The van der Waals surface area contributed by atoms with E-state index in [0.717, 1.165) is 51.1 Å². The minimum atomic E-state index is 0. The predicted molar refractivity (Wildman–Crippen MR) is 90.9 cm³/mol. The Bertz CT molecular complexity index is 287. The second-order valence-corrected chi connectivity index (χ2v) is 6.76. The standard InChI is InChI=1S/C17H32N2O.ClH/c1-2-6-15(13-14-7-4-3-5-8-14)17(20)19-16-9-11-18-12-10-16;/h14-16,18H,2-13H2,1H3,(H,19,20);1H. The molecule has 2 rings (SSSR count). The number of carbonyl (C=O) groups excluding carboxylic acids is 1. The highest BCUT2D eigenvalue weighted by atomic mass is 35.5. The molecule has 2 N–H and O–H groups in total. The molecular formula is C17H33ClN2O. The molecule has 0 aromatic carbocycles. The first kappa shape index (κ1) is 18.8. The zero-order chi connectivity index (χ0) is 14.2. The van der Waals surface area contributed by atoms with Crippen molar-refractivity contribution in [1.82, 2.24) is 10.6 Å². The molecule has 21 heavy (non-hydrogen) atoms. The Morgan fingerprint density at radius 2 is 1.81 bits per heavy atom. The molecule has 1 amide bonds. The van der Waals surface area contributed by atoms with Crippen LogP contribution in [0.4, 0.5) is 0 Å². The summed E-state index contributed by atoms with van der Waals surface area (Å²) in [5.74, 6) is 1.40. The van der Waals surface area contributed by atoms with Crippen LogP contribution in [0.3, 0.4) is 0 Å². The van der Waals surface area contributed by atoms with Crippen molar-refractivity contribution in [2.45, 2.75) is 77.2 Å². The summed E-state index contributed by atoms with van der Waals surface area (Å²) in [4.78, 5) is 12.5. The average Bonchev–Trinajstić information content (AvgIpc) is 2.49. The van der Waals surface area contributed by atoms with E-state index in [0.29, 0.717) is 11.9 Å². The first-order valence-corrected chi connectivity index (χ1v) is 8.80. The molecule has 0 bridgehead atoms. The molecule has 2 fully saturated rings. The first-order chi connectivity index (χ1) is 9.79. The number of rotatable bonds is 6. The van der Waals surface area contributed by atoms with E-state index in [4.69, 9.17) is 0 Å². The third-order valence-electron chi connectivity index (χ3n) is 5.04. The van der Waals surface area contributed by atoms with Gasteiger partial charge in [-0.25, -0.2) is 0 Å². The zero-order valence-electron chi connectivity index (χ0n) is 13.5. The van der Waals surface area contributed by atoms with Crippen molar-refractivity contribution in [3.05, 3.63) is 0 Å². The summed E-state index contributed by atoms with van der Waals surface area (Å²) in [5, 5.41) is 6.67. The molecule has 1 heterocycles. The fourth-order valence-corrected chi connectivity index (χ4v) is 3.81. The maximum Gasteiger partial charge on any atom is 0.223 e. The summed E-state index contributed by atoms with van der Waals surface area (Å²) < 4.78 is 0. The Kier molecular flexibility index (Phi) is 9.34. The van der Waals surface area contributed by atoms with Crippen LogP contribution in [0.15, 0.2) is 0 Å². The second kappa shape index (κ2) is 10.4. The van der Waals surface area contributed by atoms with Gasteiger partial charge in [0, 0.05) is 12.0 Å². The van der Waals surface area contributed by atoms with E-state index in [1.54, 1.807) is 0 Å². The monoisotopic (exact) mass is 316 g/mol. The number of carbonyl (C=O) groups is 1. The van der Waals surface area contributed by atoms with E-state index < -0.39 is 0 Å². The molecular weight excluding hydrogens is 284 g/mol. The van der Waals surface area contributed by atoms with Gasteiger partial charge in [-0.15, -0.1) is 12.4 Å². The molecule has 3 nitrogen and oxygen atoms in total. The molecule has 0 spiro atoms. The highest BCUT2D eigenvalue weighted by molar-refractivity contribution is 5.85. The Labute approximate surface area is 136 Å². The van der Waals surface area contributed by atoms with Gasteiger partial charge in [-0.3, -0.25) is 4.79 Å². The molecule has 1 aliphatic heterocycles. The third kappa shape index (κ3) is 6.56. The van der Waals surface area contributed by atoms with E-state index in [9.17, 15) is 4.79 Å². The first-order valence-electron chi connectivity index (χ1n) is 8.80. The van der Waals surface area contributed by atoms with Crippen molar-refractivity contribution in [3.8, 4) is 0 Å². The Balaban J connectivity index is 0.00000220. The molecule has 1 aliphatic carbocycles. The number of piperidine rings is 1. The lowest BCUT2D eigenvalue weighted by Crippen LogP contribution is -2.45. The lowest BCUT2D eigenvalue weighted by atomic mass is 9.81. The van der Waals surface area contributed by atoms with Gasteiger partial charge in [-0.1, -0.05) is 45.4 Å². The minimum absolute atomic E-state index is 0. The molecule has 1 atom stereocenters. The van der Waals surface area contributed by atoms with Gasteiger partial charge in [0.15, 0.2) is 0 Å². The van der Waals surface area contributed by atoms with Crippen LogP contribution in [0, 0.1) is 11.8 Å².